The summed E-state index contributed by atoms with van der Waals surface area (Å²) in [5.41, 5.74) is 13.4. The van der Waals surface area contributed by atoms with Gasteiger partial charge in [0.1, 0.15) is 12.0 Å². The molecule has 4 nitrogen and oxygen atoms in total. The number of aryl methyl sites for hydroxylation is 1. The number of aromatic nitrogens is 1. The third-order valence-electron chi connectivity index (χ3n) is 5.37. The van der Waals surface area contributed by atoms with E-state index in [2.05, 4.69) is 65.4 Å². The van der Waals surface area contributed by atoms with E-state index >= 15 is 0 Å². The fourth-order valence-electron chi connectivity index (χ4n) is 4.18. The zero-order valence-corrected chi connectivity index (χ0v) is 16.1. The maximum Gasteiger partial charge on any atom is 0.617 e. The van der Waals surface area contributed by atoms with Crippen molar-refractivity contribution in [3.05, 3.63) is 70.7 Å². The lowest BCUT2D eigenvalue weighted by Gasteiger charge is -2.22. The molecule has 0 bridgehead atoms. The second-order valence-electron chi connectivity index (χ2n) is 7.00. The number of para-hydroxylation sites is 1. The quantitative estimate of drug-likeness (QED) is 0.829. The van der Waals surface area contributed by atoms with Crippen LogP contribution in [-0.4, -0.2) is 35.8 Å². The van der Waals surface area contributed by atoms with Gasteiger partial charge in [-0.1, -0.05) is 18.2 Å². The fourth-order valence-corrected chi connectivity index (χ4v) is 4.18. The van der Waals surface area contributed by atoms with Crippen LogP contribution in [0.25, 0.3) is 17.7 Å². The lowest BCUT2D eigenvalue weighted by atomic mass is 9.74. The van der Waals surface area contributed by atoms with Gasteiger partial charge in [0, 0.05) is 41.5 Å². The van der Waals surface area contributed by atoms with Crippen molar-refractivity contribution < 1.29 is 9.22 Å². The summed E-state index contributed by atoms with van der Waals surface area (Å²) >= 11 is 0. The summed E-state index contributed by atoms with van der Waals surface area (Å²) in [7, 11) is 1.71. The second-order valence-corrected chi connectivity index (χ2v) is 7.00. The molecule has 0 aliphatic carbocycles. The van der Waals surface area contributed by atoms with E-state index in [9.17, 15) is 0 Å². The molecule has 2 aromatic rings. The third kappa shape index (κ3) is 2.88. The van der Waals surface area contributed by atoms with Crippen molar-refractivity contribution in [3.63, 3.8) is 0 Å². The molecule has 0 fully saturated rings. The van der Waals surface area contributed by atoms with Crippen molar-refractivity contribution >= 4 is 30.9 Å². The largest absolute Gasteiger partial charge is 0.617 e. The number of benzene rings is 1. The Morgan fingerprint density at radius 2 is 2.07 bits per heavy atom. The highest BCUT2D eigenvalue weighted by Gasteiger charge is 2.41. The van der Waals surface area contributed by atoms with Crippen LogP contribution < -0.4 is 10.5 Å². The summed E-state index contributed by atoms with van der Waals surface area (Å²) in [5.74, 6) is 0.882. The lowest BCUT2D eigenvalue weighted by Crippen LogP contribution is -2.39. The van der Waals surface area contributed by atoms with Crippen molar-refractivity contribution in [2.24, 2.45) is 5.73 Å². The van der Waals surface area contributed by atoms with Gasteiger partial charge in [-0.2, -0.15) is 0 Å². The van der Waals surface area contributed by atoms with E-state index in [-0.39, 0.29) is 6.98 Å². The normalized spacial score (nSPS) is 15.4. The Hall–Kier alpha value is -2.79. The molecule has 27 heavy (non-hydrogen) atoms. The first-order chi connectivity index (χ1) is 13.2. The van der Waals surface area contributed by atoms with E-state index in [0.29, 0.717) is 6.54 Å². The topological polar surface area (TPSA) is 43.2 Å². The molecular weight excluding hydrogens is 333 g/mol. The summed E-state index contributed by atoms with van der Waals surface area (Å²) in [6.45, 7) is 5.30. The second kappa shape index (κ2) is 7.08. The van der Waals surface area contributed by atoms with E-state index in [1.807, 2.05) is 18.2 Å². The molecule has 0 saturated heterocycles. The highest BCUT2D eigenvalue weighted by atomic mass is 16.5. The van der Waals surface area contributed by atoms with Gasteiger partial charge in [0.2, 0.25) is 0 Å². The van der Waals surface area contributed by atoms with Gasteiger partial charge in [-0.25, -0.2) is 0 Å². The predicted molar refractivity (Wildman–Crippen MR) is 114 cm³/mol. The molecule has 1 aromatic carbocycles. The van der Waals surface area contributed by atoms with Crippen LogP contribution in [0.5, 0.6) is 5.75 Å². The van der Waals surface area contributed by atoms with Gasteiger partial charge in [0.25, 0.3) is 0 Å². The first-order valence-corrected chi connectivity index (χ1v) is 9.42. The molecule has 0 radical (unpaired) electrons. The molecular formula is C22H25BN3O+. The maximum absolute atomic E-state index is 5.93. The van der Waals surface area contributed by atoms with Crippen molar-refractivity contribution in [1.82, 2.24) is 4.48 Å². The Morgan fingerprint density at radius 3 is 2.85 bits per heavy atom. The van der Waals surface area contributed by atoms with Gasteiger partial charge in [-0.15, -0.1) is 0 Å². The van der Waals surface area contributed by atoms with E-state index < -0.39 is 0 Å². The zero-order chi connectivity index (χ0) is 19.0. The standard InChI is InChI=1S/C22H25BN3O/c1-16-15-18(11-10-17-7-4-5-9-21(17)27-3)26-22(16)19(12-13-24)20-8-6-14-25(20)23(26)2/h4-11,14-15H,12-13,24H2,1-3H3/q+1. The Balaban J connectivity index is 1.82. The van der Waals surface area contributed by atoms with Crippen LogP contribution in [0.4, 0.5) is 0 Å². The van der Waals surface area contributed by atoms with Gasteiger partial charge in [-0.05, 0) is 49.7 Å². The third-order valence-corrected chi connectivity index (χ3v) is 5.37. The summed E-state index contributed by atoms with van der Waals surface area (Å²) in [6.07, 6.45) is 11.6. The number of hydrogen-bond acceptors (Lipinski definition) is 2. The van der Waals surface area contributed by atoms with Crippen molar-refractivity contribution in [3.8, 4) is 5.75 Å². The first-order valence-electron chi connectivity index (χ1n) is 9.42. The van der Waals surface area contributed by atoms with Crippen LogP contribution in [0, 0.1) is 6.92 Å². The average molecular weight is 358 g/mol. The van der Waals surface area contributed by atoms with Gasteiger partial charge in [0.15, 0.2) is 5.70 Å². The van der Waals surface area contributed by atoms with Gasteiger partial charge >= 0.3 is 6.98 Å². The molecule has 3 heterocycles. The summed E-state index contributed by atoms with van der Waals surface area (Å²) < 4.78 is 10.2. The zero-order valence-electron chi connectivity index (χ0n) is 16.1. The number of methoxy groups -OCH3 is 1. The van der Waals surface area contributed by atoms with E-state index in [4.69, 9.17) is 10.5 Å². The molecule has 2 aliphatic heterocycles. The van der Waals surface area contributed by atoms with E-state index in [1.54, 1.807) is 7.11 Å². The number of nitrogens with zero attached hydrogens (tertiary/aromatic N) is 2. The minimum absolute atomic E-state index is 0.220. The highest BCUT2D eigenvalue weighted by Crippen LogP contribution is 2.35. The number of ether oxygens (including phenoxy) is 1. The van der Waals surface area contributed by atoms with Crippen LogP contribution >= 0.6 is 0 Å². The van der Waals surface area contributed by atoms with Crippen molar-refractivity contribution in [2.75, 3.05) is 13.7 Å². The Bertz CT molecular complexity index is 1010. The van der Waals surface area contributed by atoms with Crippen LogP contribution in [-0.2, 0) is 0 Å². The monoisotopic (exact) mass is 358 g/mol. The van der Waals surface area contributed by atoms with Gasteiger partial charge in [-0.3, -0.25) is 4.49 Å². The maximum atomic E-state index is 5.93. The number of nitrogens with two attached hydrogens (primary N) is 1. The SMILES string of the molecule is COc1ccccc1C=Cc1cc(C)c2n1B(C)[N+]1=CC=CC1=C2CCN. The smallest absolute Gasteiger partial charge is 0.496 e. The number of allylic oxidation sites excluding steroid dienone is 2. The lowest BCUT2D eigenvalue weighted by molar-refractivity contribution is -0.317. The molecule has 2 N–H and O–H groups in total. The molecule has 0 saturated carbocycles. The molecule has 136 valence electrons. The molecule has 4 rings (SSSR count). The van der Waals surface area contributed by atoms with Crippen LogP contribution in [0.15, 0.2) is 48.2 Å². The molecule has 0 unspecified atom stereocenters. The van der Waals surface area contributed by atoms with Gasteiger partial charge in [0.05, 0.1) is 7.11 Å². The first kappa shape index (κ1) is 17.6. The Kier molecular flexibility index (Phi) is 4.62. The van der Waals surface area contributed by atoms with Crippen LogP contribution in [0.1, 0.15) is 28.9 Å². The predicted octanol–water partition coefficient (Wildman–Crippen LogP) is 3.67. The fraction of sp³-hybridized carbons (Fsp3) is 0.227. The van der Waals surface area contributed by atoms with Crippen LogP contribution in [0.3, 0.4) is 0 Å². The average Bonchev–Trinajstić information content (AvgIpc) is 3.29. The Labute approximate surface area is 161 Å². The molecule has 0 spiro atoms. The molecule has 0 atom stereocenters. The minimum Gasteiger partial charge on any atom is -0.496 e. The Morgan fingerprint density at radius 1 is 1.26 bits per heavy atom. The summed E-state index contributed by atoms with van der Waals surface area (Å²) in [6, 6.07) is 10.3. The van der Waals surface area contributed by atoms with Crippen molar-refractivity contribution in [2.45, 2.75) is 20.2 Å². The molecule has 5 heteroatoms. The highest BCUT2D eigenvalue weighted by molar-refractivity contribution is 6.49. The molecule has 2 aliphatic rings. The number of rotatable bonds is 5. The molecule has 0 amide bonds. The van der Waals surface area contributed by atoms with Crippen LogP contribution in [0.2, 0.25) is 6.82 Å². The molecule has 1 aromatic heterocycles. The van der Waals surface area contributed by atoms with Gasteiger partial charge < -0.3 is 14.9 Å². The number of fused-ring (bicyclic) bond motifs is 2. The van der Waals surface area contributed by atoms with E-state index in [1.165, 1.54) is 28.2 Å². The van der Waals surface area contributed by atoms with Crippen molar-refractivity contribution in [1.29, 1.82) is 0 Å². The minimum atomic E-state index is 0.220. The van der Waals surface area contributed by atoms with E-state index in [0.717, 1.165) is 17.7 Å². The summed E-state index contributed by atoms with van der Waals surface area (Å²) in [5, 5.41) is 0. The number of hydrogen-bond donors (Lipinski definition) is 1. The summed E-state index contributed by atoms with van der Waals surface area (Å²) in [4.78, 5) is 0.